The Morgan fingerprint density at radius 2 is 2.10 bits per heavy atom. The minimum atomic E-state index is 0.0796. The number of piperidine rings is 1. The quantitative estimate of drug-likeness (QED) is 0.906. The van der Waals surface area contributed by atoms with Gasteiger partial charge >= 0.3 is 0 Å². The van der Waals surface area contributed by atoms with Gasteiger partial charge in [0.05, 0.1) is 10.0 Å². The van der Waals surface area contributed by atoms with Crippen LogP contribution in [0.2, 0.25) is 10.0 Å². The maximum atomic E-state index is 12.4. The third-order valence-corrected chi connectivity index (χ3v) is 5.51. The smallest absolute Gasteiger partial charge is 0.137 e. The van der Waals surface area contributed by atoms with Crippen molar-refractivity contribution in [2.75, 3.05) is 0 Å². The summed E-state index contributed by atoms with van der Waals surface area (Å²) in [6, 6.07) is 6.69. The summed E-state index contributed by atoms with van der Waals surface area (Å²) >= 11 is 12.2. The van der Waals surface area contributed by atoms with E-state index in [0.29, 0.717) is 34.3 Å². The van der Waals surface area contributed by atoms with Crippen LogP contribution in [0.5, 0.6) is 0 Å². The Labute approximate surface area is 129 Å². The van der Waals surface area contributed by atoms with Gasteiger partial charge in [-0.15, -0.1) is 0 Å². The van der Waals surface area contributed by atoms with E-state index in [1.54, 1.807) is 0 Å². The van der Waals surface area contributed by atoms with Gasteiger partial charge in [0.1, 0.15) is 5.78 Å². The molecule has 0 spiro atoms. The van der Waals surface area contributed by atoms with E-state index in [0.717, 1.165) is 18.4 Å². The third kappa shape index (κ3) is 2.49. The van der Waals surface area contributed by atoms with Crippen LogP contribution in [0.15, 0.2) is 18.2 Å². The molecule has 2 aliphatic rings. The molecule has 0 aliphatic carbocycles. The van der Waals surface area contributed by atoms with Crippen LogP contribution < -0.4 is 5.32 Å². The molecule has 0 saturated carbocycles. The molecule has 2 heterocycles. The lowest BCUT2D eigenvalue weighted by molar-refractivity contribution is -0.124. The van der Waals surface area contributed by atoms with Crippen LogP contribution in [-0.4, -0.2) is 17.9 Å². The number of fused-ring (bicyclic) bond motifs is 2. The number of carbonyl (C=O) groups excluding carboxylic acids is 1. The molecule has 1 aromatic rings. The summed E-state index contributed by atoms with van der Waals surface area (Å²) in [6.07, 6.45) is 3.91. The summed E-state index contributed by atoms with van der Waals surface area (Å²) in [5, 5.41) is 4.76. The van der Waals surface area contributed by atoms with Crippen LogP contribution in [0.25, 0.3) is 0 Å². The zero-order chi connectivity index (χ0) is 14.3. The zero-order valence-corrected chi connectivity index (χ0v) is 13.0. The lowest BCUT2D eigenvalue weighted by atomic mass is 9.74. The van der Waals surface area contributed by atoms with E-state index in [2.05, 4.69) is 5.32 Å². The summed E-state index contributed by atoms with van der Waals surface area (Å²) in [4.78, 5) is 12.4. The highest BCUT2D eigenvalue weighted by Gasteiger charge is 2.44. The van der Waals surface area contributed by atoms with Crippen LogP contribution in [-0.2, 0) is 4.79 Å². The van der Waals surface area contributed by atoms with Crippen molar-refractivity contribution < 1.29 is 4.79 Å². The molecular formula is C16H19Cl2NO. The number of carbonyl (C=O) groups is 1. The van der Waals surface area contributed by atoms with Crippen LogP contribution in [0.3, 0.4) is 0 Å². The number of hydrogen-bond donors (Lipinski definition) is 1. The number of hydrogen-bond acceptors (Lipinski definition) is 2. The van der Waals surface area contributed by atoms with E-state index in [1.807, 2.05) is 25.1 Å². The van der Waals surface area contributed by atoms with Gasteiger partial charge in [0.2, 0.25) is 0 Å². The summed E-state index contributed by atoms with van der Waals surface area (Å²) in [7, 11) is 0. The molecule has 20 heavy (non-hydrogen) atoms. The second kappa shape index (κ2) is 5.67. The largest absolute Gasteiger partial charge is 0.310 e. The highest BCUT2D eigenvalue weighted by molar-refractivity contribution is 6.42. The monoisotopic (exact) mass is 311 g/mol. The molecule has 108 valence electrons. The first-order chi connectivity index (χ1) is 9.60. The highest BCUT2D eigenvalue weighted by Crippen LogP contribution is 2.43. The third-order valence-electron chi connectivity index (χ3n) is 4.77. The molecule has 1 N–H and O–H groups in total. The second-order valence-corrected chi connectivity index (χ2v) is 6.72. The maximum absolute atomic E-state index is 12.4. The van der Waals surface area contributed by atoms with Crippen molar-refractivity contribution in [1.29, 1.82) is 0 Å². The first-order valence-corrected chi connectivity index (χ1v) is 8.09. The van der Waals surface area contributed by atoms with Gasteiger partial charge in [-0.25, -0.2) is 0 Å². The van der Waals surface area contributed by atoms with Crippen LogP contribution in [0.1, 0.15) is 44.1 Å². The molecule has 2 nitrogen and oxygen atoms in total. The van der Waals surface area contributed by atoms with Gasteiger partial charge in [0.15, 0.2) is 0 Å². The molecule has 0 aromatic heterocycles. The maximum Gasteiger partial charge on any atom is 0.137 e. The van der Waals surface area contributed by atoms with Gasteiger partial charge in [-0.3, -0.25) is 4.79 Å². The average molecular weight is 312 g/mol. The SMILES string of the molecule is CCC(=O)[C@@H]1[C@H]2CC[C@@H](C[C@H]1c1ccc(Cl)c(Cl)c1)N2. The summed E-state index contributed by atoms with van der Waals surface area (Å²) in [5.41, 5.74) is 1.16. The normalized spacial score (nSPS) is 32.4. The van der Waals surface area contributed by atoms with E-state index in [9.17, 15) is 4.79 Å². The molecule has 4 heteroatoms. The number of benzene rings is 1. The predicted octanol–water partition coefficient (Wildman–Crippen LogP) is 4.20. The highest BCUT2D eigenvalue weighted by atomic mass is 35.5. The van der Waals surface area contributed by atoms with E-state index in [-0.39, 0.29) is 11.8 Å². The molecule has 0 unspecified atom stereocenters. The molecule has 1 aromatic carbocycles. The van der Waals surface area contributed by atoms with Gasteiger partial charge in [-0.2, -0.15) is 0 Å². The minimum absolute atomic E-state index is 0.0796. The van der Waals surface area contributed by atoms with Crippen molar-refractivity contribution in [2.45, 2.75) is 50.6 Å². The first-order valence-electron chi connectivity index (χ1n) is 7.34. The van der Waals surface area contributed by atoms with Crippen LogP contribution in [0, 0.1) is 5.92 Å². The Bertz CT molecular complexity index is 531. The lowest BCUT2D eigenvalue weighted by Gasteiger charge is -2.37. The fourth-order valence-electron chi connectivity index (χ4n) is 3.82. The molecule has 4 atom stereocenters. The van der Waals surface area contributed by atoms with E-state index < -0.39 is 0 Å². The Morgan fingerprint density at radius 1 is 1.30 bits per heavy atom. The number of rotatable bonds is 3. The van der Waals surface area contributed by atoms with E-state index in [1.165, 1.54) is 6.42 Å². The first kappa shape index (κ1) is 14.4. The van der Waals surface area contributed by atoms with Gasteiger partial charge in [0, 0.05) is 24.4 Å². The standard InChI is InChI=1S/C16H19Cl2NO/c1-2-15(20)16-11(8-10-4-6-14(16)19-10)9-3-5-12(17)13(18)7-9/h3,5,7,10-11,14,16,19H,2,4,6,8H2,1H3/t10-,11-,14+,16-/m0/s1. The predicted molar refractivity (Wildman–Crippen MR) is 82.6 cm³/mol. The Morgan fingerprint density at radius 3 is 2.80 bits per heavy atom. The number of ketones is 1. The Balaban J connectivity index is 1.96. The fourth-order valence-corrected chi connectivity index (χ4v) is 4.13. The van der Waals surface area contributed by atoms with Crippen molar-refractivity contribution in [3.8, 4) is 0 Å². The molecule has 2 saturated heterocycles. The fraction of sp³-hybridized carbons (Fsp3) is 0.562. The van der Waals surface area contributed by atoms with E-state index >= 15 is 0 Å². The second-order valence-electron chi connectivity index (χ2n) is 5.91. The van der Waals surface area contributed by atoms with E-state index in [4.69, 9.17) is 23.2 Å². The molecule has 0 radical (unpaired) electrons. The van der Waals surface area contributed by atoms with Crippen molar-refractivity contribution in [1.82, 2.24) is 5.32 Å². The van der Waals surface area contributed by atoms with Crippen molar-refractivity contribution in [3.63, 3.8) is 0 Å². The number of Topliss-reactive ketones (excluding diaryl/α,β-unsaturated/α-hetero) is 1. The summed E-state index contributed by atoms with van der Waals surface area (Å²) < 4.78 is 0. The van der Waals surface area contributed by atoms with Gasteiger partial charge < -0.3 is 5.32 Å². The number of nitrogens with one attached hydrogen (secondary N) is 1. The van der Waals surface area contributed by atoms with Crippen molar-refractivity contribution >= 4 is 29.0 Å². The molecule has 2 aliphatic heterocycles. The molecule has 2 bridgehead atoms. The van der Waals surface area contributed by atoms with Crippen LogP contribution >= 0.6 is 23.2 Å². The van der Waals surface area contributed by atoms with Gasteiger partial charge in [0.25, 0.3) is 0 Å². The van der Waals surface area contributed by atoms with Crippen molar-refractivity contribution in [3.05, 3.63) is 33.8 Å². The molecule has 2 fully saturated rings. The van der Waals surface area contributed by atoms with Crippen LogP contribution in [0.4, 0.5) is 0 Å². The topological polar surface area (TPSA) is 29.1 Å². The Hall–Kier alpha value is -0.570. The minimum Gasteiger partial charge on any atom is -0.310 e. The zero-order valence-electron chi connectivity index (χ0n) is 11.5. The molecule has 0 amide bonds. The molecule has 3 rings (SSSR count). The summed E-state index contributed by atoms with van der Waals surface area (Å²) in [5.74, 6) is 0.714. The summed E-state index contributed by atoms with van der Waals surface area (Å²) in [6.45, 7) is 1.95. The Kier molecular flexibility index (Phi) is 4.07. The number of halogens is 2. The van der Waals surface area contributed by atoms with Gasteiger partial charge in [-0.1, -0.05) is 36.2 Å². The van der Waals surface area contributed by atoms with Gasteiger partial charge in [-0.05, 0) is 42.9 Å². The lowest BCUT2D eigenvalue weighted by Crippen LogP contribution is -2.47. The average Bonchev–Trinajstić information content (AvgIpc) is 2.82. The molecular weight excluding hydrogens is 293 g/mol. The van der Waals surface area contributed by atoms with Crippen molar-refractivity contribution in [2.24, 2.45) is 5.92 Å².